The average molecular weight is 632 g/mol. The largest absolute Gasteiger partial charge is 0.429 e. The number of halogens is 7. The first-order valence-corrected chi connectivity index (χ1v) is 14.1. The van der Waals surface area contributed by atoms with Crippen molar-refractivity contribution in [2.24, 2.45) is 0 Å². The van der Waals surface area contributed by atoms with E-state index in [9.17, 15) is 22.0 Å². The molecule has 5 aromatic carbocycles. The molecule has 0 heterocycles. The van der Waals surface area contributed by atoms with E-state index < -0.39 is 52.1 Å². The van der Waals surface area contributed by atoms with Crippen LogP contribution in [0.15, 0.2) is 103 Å². The Labute approximate surface area is 260 Å². The van der Waals surface area contributed by atoms with Crippen LogP contribution >= 0.6 is 0 Å². The monoisotopic (exact) mass is 631 g/mol. The van der Waals surface area contributed by atoms with E-state index >= 15 is 8.78 Å². The minimum atomic E-state index is -4.38. The van der Waals surface area contributed by atoms with Crippen LogP contribution in [0.25, 0.3) is 33.4 Å². The first-order valence-electron chi connectivity index (χ1n) is 14.1. The lowest BCUT2D eigenvalue weighted by molar-refractivity contribution is -0.187. The van der Waals surface area contributed by atoms with Crippen LogP contribution in [0.4, 0.5) is 30.7 Å². The quantitative estimate of drug-likeness (QED) is 0.120. The van der Waals surface area contributed by atoms with Crippen LogP contribution in [0.5, 0.6) is 5.75 Å². The van der Waals surface area contributed by atoms with Gasteiger partial charge in [-0.05, 0) is 71.8 Å². The SMILES string of the molecule is CC=CCCc1ccc(-c2ccc(-c3ccc(-c4ccc(C(F)(F)Oc5cc(F)c(C#N)c(F)c5)c(F)c4)c(F)c3)c(F)c2)cc1. The molecule has 0 bridgehead atoms. The highest BCUT2D eigenvalue weighted by Gasteiger charge is 2.38. The van der Waals surface area contributed by atoms with Crippen LogP contribution in [-0.2, 0) is 12.5 Å². The van der Waals surface area contributed by atoms with E-state index in [2.05, 4.69) is 10.8 Å². The first kappa shape index (κ1) is 32.0. The van der Waals surface area contributed by atoms with Gasteiger partial charge in [0.25, 0.3) is 0 Å². The highest BCUT2D eigenvalue weighted by atomic mass is 19.3. The number of nitriles is 1. The van der Waals surface area contributed by atoms with Crippen molar-refractivity contribution in [3.05, 3.63) is 149 Å². The van der Waals surface area contributed by atoms with E-state index in [1.165, 1.54) is 30.3 Å². The van der Waals surface area contributed by atoms with Gasteiger partial charge in [0.2, 0.25) is 0 Å². The minimum Gasteiger partial charge on any atom is -0.429 e. The number of nitrogens with zero attached hydrogens (tertiary/aromatic N) is 1. The fourth-order valence-corrected chi connectivity index (χ4v) is 4.96. The van der Waals surface area contributed by atoms with E-state index in [0.29, 0.717) is 29.8 Å². The van der Waals surface area contributed by atoms with Crippen molar-refractivity contribution in [2.75, 3.05) is 0 Å². The Kier molecular flexibility index (Phi) is 9.28. The number of ether oxygens (including phenoxy) is 1. The normalized spacial score (nSPS) is 11.5. The Morgan fingerprint density at radius 1 is 0.652 bits per heavy atom. The maximum Gasteiger partial charge on any atom is 0.429 e. The van der Waals surface area contributed by atoms with E-state index in [1.807, 2.05) is 37.3 Å². The lowest BCUT2D eigenvalue weighted by Crippen LogP contribution is -2.23. The summed E-state index contributed by atoms with van der Waals surface area (Å²) in [7, 11) is 0. The summed E-state index contributed by atoms with van der Waals surface area (Å²) < 4.78 is 107. The third-order valence-corrected chi connectivity index (χ3v) is 7.34. The maximum absolute atomic E-state index is 15.2. The van der Waals surface area contributed by atoms with Crippen LogP contribution in [-0.4, -0.2) is 0 Å². The van der Waals surface area contributed by atoms with Crippen LogP contribution in [0.3, 0.4) is 0 Å². The lowest BCUT2D eigenvalue weighted by atomic mass is 9.96. The Morgan fingerprint density at radius 2 is 1.17 bits per heavy atom. The number of hydrogen-bond acceptors (Lipinski definition) is 2. The summed E-state index contributed by atoms with van der Waals surface area (Å²) in [6, 6.07) is 20.5. The Hall–Kier alpha value is -5.36. The molecule has 0 spiro atoms. The van der Waals surface area contributed by atoms with Gasteiger partial charge in [-0.15, -0.1) is 0 Å². The van der Waals surface area contributed by atoms with Gasteiger partial charge in [0, 0.05) is 23.3 Å². The molecular formula is C37H24F7NO. The molecule has 0 aliphatic carbocycles. The van der Waals surface area contributed by atoms with Gasteiger partial charge in [0.15, 0.2) is 0 Å². The zero-order chi connectivity index (χ0) is 33.0. The smallest absolute Gasteiger partial charge is 0.429 e. The van der Waals surface area contributed by atoms with Crippen LogP contribution in [0.1, 0.15) is 30.0 Å². The van der Waals surface area contributed by atoms with E-state index in [4.69, 9.17) is 5.26 Å². The molecule has 0 radical (unpaired) electrons. The molecule has 232 valence electrons. The summed E-state index contributed by atoms with van der Waals surface area (Å²) in [5.74, 6) is -6.75. The van der Waals surface area contributed by atoms with Crippen molar-refractivity contribution in [3.63, 3.8) is 0 Å². The topological polar surface area (TPSA) is 33.0 Å². The van der Waals surface area contributed by atoms with E-state index in [-0.39, 0.29) is 22.3 Å². The third-order valence-electron chi connectivity index (χ3n) is 7.34. The van der Waals surface area contributed by atoms with Crippen LogP contribution < -0.4 is 4.74 Å². The van der Waals surface area contributed by atoms with Gasteiger partial charge in [-0.25, -0.2) is 22.0 Å². The second-order valence-electron chi connectivity index (χ2n) is 10.4. The van der Waals surface area contributed by atoms with Gasteiger partial charge >= 0.3 is 6.11 Å². The van der Waals surface area contributed by atoms with Crippen molar-refractivity contribution in [3.8, 4) is 45.2 Å². The standard InChI is InChI=1S/C37H24F7NO/c1-2-3-4-5-22-6-8-23(9-7-22)24-10-13-28(32(38)16-24)25-11-14-29(33(39)17-25)26-12-15-31(36(42)18-26)37(43,44)46-27-19-34(40)30(21-45)35(41)20-27/h2-3,6-20H,4-5H2,1H3. The van der Waals surface area contributed by atoms with Gasteiger partial charge < -0.3 is 4.74 Å². The molecule has 0 aromatic heterocycles. The molecule has 0 fully saturated rings. The maximum atomic E-state index is 15.2. The highest BCUT2D eigenvalue weighted by Crippen LogP contribution is 2.37. The number of aryl methyl sites for hydroxylation is 1. The fraction of sp³-hybridized carbons (Fsp3) is 0.108. The number of allylic oxidation sites excluding steroid dienone is 2. The molecule has 0 aliphatic heterocycles. The van der Waals surface area contributed by atoms with Gasteiger partial charge in [-0.2, -0.15) is 14.0 Å². The molecule has 0 saturated carbocycles. The van der Waals surface area contributed by atoms with Gasteiger partial charge in [-0.1, -0.05) is 66.7 Å². The number of rotatable bonds is 9. The number of hydrogen-bond donors (Lipinski definition) is 0. The summed E-state index contributed by atoms with van der Waals surface area (Å²) in [5, 5.41) is 8.73. The number of benzene rings is 5. The summed E-state index contributed by atoms with van der Waals surface area (Å²) in [5.41, 5.74) is 0.462. The molecule has 9 heteroatoms. The highest BCUT2D eigenvalue weighted by molar-refractivity contribution is 5.74. The van der Waals surface area contributed by atoms with Crippen LogP contribution in [0, 0.1) is 40.4 Å². The lowest BCUT2D eigenvalue weighted by Gasteiger charge is -2.19. The molecule has 0 unspecified atom stereocenters. The average Bonchev–Trinajstić information content (AvgIpc) is 3.01. The zero-order valence-corrected chi connectivity index (χ0v) is 24.2. The molecule has 0 N–H and O–H groups in total. The zero-order valence-electron chi connectivity index (χ0n) is 24.2. The van der Waals surface area contributed by atoms with Crippen molar-refractivity contribution in [1.29, 1.82) is 5.26 Å². The molecule has 0 aliphatic rings. The van der Waals surface area contributed by atoms with Crippen molar-refractivity contribution >= 4 is 0 Å². The second-order valence-corrected chi connectivity index (χ2v) is 10.4. The summed E-state index contributed by atoms with van der Waals surface area (Å²) in [4.78, 5) is 0. The molecule has 46 heavy (non-hydrogen) atoms. The molecular weight excluding hydrogens is 607 g/mol. The molecule has 0 amide bonds. The van der Waals surface area contributed by atoms with E-state index in [0.717, 1.165) is 36.1 Å². The minimum absolute atomic E-state index is 0.0958. The first-order chi connectivity index (χ1) is 22.0. The predicted octanol–water partition coefficient (Wildman–Crippen LogP) is 10.9. The molecule has 0 saturated heterocycles. The molecule has 2 nitrogen and oxygen atoms in total. The number of alkyl halides is 2. The van der Waals surface area contributed by atoms with Gasteiger partial charge in [-0.3, -0.25) is 0 Å². The Bertz CT molecular complexity index is 1950. The summed E-state index contributed by atoms with van der Waals surface area (Å²) >= 11 is 0. The van der Waals surface area contributed by atoms with Crippen molar-refractivity contribution < 1.29 is 35.5 Å². The predicted molar refractivity (Wildman–Crippen MR) is 161 cm³/mol. The van der Waals surface area contributed by atoms with E-state index in [1.54, 1.807) is 6.07 Å². The third kappa shape index (κ3) is 6.81. The van der Waals surface area contributed by atoms with Crippen molar-refractivity contribution in [2.45, 2.75) is 25.9 Å². The van der Waals surface area contributed by atoms with Crippen molar-refractivity contribution in [1.82, 2.24) is 0 Å². The molecule has 5 aromatic rings. The Morgan fingerprint density at radius 3 is 1.72 bits per heavy atom. The van der Waals surface area contributed by atoms with Crippen LogP contribution in [0.2, 0.25) is 0 Å². The van der Waals surface area contributed by atoms with Gasteiger partial charge in [0.1, 0.15) is 46.5 Å². The molecule has 5 rings (SSSR count). The summed E-state index contributed by atoms with van der Waals surface area (Å²) in [6.07, 6.45) is 1.51. The second kappa shape index (κ2) is 13.3. The molecule has 0 atom stereocenters. The summed E-state index contributed by atoms with van der Waals surface area (Å²) in [6.45, 7) is 1.97. The van der Waals surface area contributed by atoms with Gasteiger partial charge in [0.05, 0.1) is 5.56 Å². The fourth-order valence-electron chi connectivity index (χ4n) is 4.96. The Balaban J connectivity index is 1.35.